The van der Waals surface area contributed by atoms with E-state index in [-0.39, 0.29) is 12.4 Å². The van der Waals surface area contributed by atoms with Gasteiger partial charge in [-0.1, -0.05) is 36.4 Å². The Morgan fingerprint density at radius 2 is 1.79 bits per heavy atom. The zero-order valence-corrected chi connectivity index (χ0v) is 15.8. The third kappa shape index (κ3) is 3.27. The zero-order chi connectivity index (χ0) is 19.7. The third-order valence-corrected chi connectivity index (χ3v) is 4.88. The molecule has 4 rings (SSSR count). The van der Waals surface area contributed by atoms with Gasteiger partial charge in [0.2, 0.25) is 0 Å². The van der Waals surface area contributed by atoms with Crippen molar-refractivity contribution in [2.75, 3.05) is 25.6 Å². The van der Waals surface area contributed by atoms with Crippen LogP contribution in [0.3, 0.4) is 0 Å². The normalized spacial score (nSPS) is 11.5. The first-order valence-corrected chi connectivity index (χ1v) is 9.08. The van der Waals surface area contributed by atoms with Crippen LogP contribution >= 0.6 is 0 Å². The van der Waals surface area contributed by atoms with Gasteiger partial charge in [-0.05, 0) is 46.9 Å². The Labute approximate surface area is 163 Å². The number of Topliss-reactive ketones (excluding diaryl/α,β-unsaturated/α-hetero) is 1. The number of ether oxygens (including phenoxy) is 1. The highest BCUT2D eigenvalue weighted by atomic mass is 16.5. The number of aromatic nitrogens is 1. The predicted octanol–water partition coefficient (Wildman–Crippen LogP) is 3.76. The van der Waals surface area contributed by atoms with E-state index in [1.807, 2.05) is 24.3 Å². The minimum Gasteiger partial charge on any atom is -0.454 e. The molecule has 140 valence electrons. The van der Waals surface area contributed by atoms with Gasteiger partial charge in [0.15, 0.2) is 12.4 Å². The van der Waals surface area contributed by atoms with Crippen molar-refractivity contribution in [3.05, 3.63) is 83.0 Å². The second-order valence-electron chi connectivity index (χ2n) is 6.97. The van der Waals surface area contributed by atoms with Crippen LogP contribution in [0.5, 0.6) is 0 Å². The minimum absolute atomic E-state index is 0.220. The van der Waals surface area contributed by atoms with Gasteiger partial charge in [0.25, 0.3) is 0 Å². The lowest BCUT2D eigenvalue weighted by Crippen LogP contribution is -2.19. The standard InChI is InChI=1S/C23H20N2O3/c1-25(2)22-20(8-5-11-24-22)23(27)28-14-21(26)16-9-10-19-17(13-16)12-15-6-3-4-7-18(15)19/h3-11,13H,12,14H2,1-2H3. The lowest BCUT2D eigenvalue weighted by molar-refractivity contribution is 0.0475. The van der Waals surface area contributed by atoms with Crippen LogP contribution in [0.25, 0.3) is 11.1 Å². The fraction of sp³-hybridized carbons (Fsp3) is 0.174. The molecule has 0 fully saturated rings. The minimum atomic E-state index is -0.557. The first-order valence-electron chi connectivity index (χ1n) is 9.08. The van der Waals surface area contributed by atoms with E-state index in [1.54, 1.807) is 43.4 Å². The maximum Gasteiger partial charge on any atom is 0.342 e. The van der Waals surface area contributed by atoms with Crippen molar-refractivity contribution in [3.63, 3.8) is 0 Å². The number of fused-ring (bicyclic) bond motifs is 3. The number of carbonyl (C=O) groups excluding carboxylic acids is 2. The smallest absolute Gasteiger partial charge is 0.342 e. The summed E-state index contributed by atoms with van der Waals surface area (Å²) in [5, 5.41) is 0. The summed E-state index contributed by atoms with van der Waals surface area (Å²) in [4.78, 5) is 30.9. The highest BCUT2D eigenvalue weighted by Gasteiger charge is 2.21. The van der Waals surface area contributed by atoms with E-state index in [4.69, 9.17) is 4.74 Å². The van der Waals surface area contributed by atoms with Gasteiger partial charge in [0.1, 0.15) is 11.4 Å². The molecule has 0 saturated heterocycles. The molecule has 28 heavy (non-hydrogen) atoms. The van der Waals surface area contributed by atoms with Gasteiger partial charge in [-0.2, -0.15) is 0 Å². The zero-order valence-electron chi connectivity index (χ0n) is 15.8. The van der Waals surface area contributed by atoms with Gasteiger partial charge in [0, 0.05) is 25.9 Å². The van der Waals surface area contributed by atoms with Gasteiger partial charge in [-0.25, -0.2) is 9.78 Å². The molecule has 0 saturated carbocycles. The average molecular weight is 372 g/mol. The molecule has 0 spiro atoms. The van der Waals surface area contributed by atoms with Crippen LogP contribution in [0.4, 0.5) is 5.82 Å². The quantitative estimate of drug-likeness (QED) is 0.394. The van der Waals surface area contributed by atoms with Gasteiger partial charge >= 0.3 is 5.97 Å². The monoisotopic (exact) mass is 372 g/mol. The molecule has 0 unspecified atom stereocenters. The highest BCUT2D eigenvalue weighted by molar-refractivity contribution is 6.01. The van der Waals surface area contributed by atoms with E-state index in [0.29, 0.717) is 16.9 Å². The van der Waals surface area contributed by atoms with Gasteiger partial charge in [0.05, 0.1) is 0 Å². The molecule has 2 aromatic carbocycles. The Morgan fingerprint density at radius 3 is 2.61 bits per heavy atom. The molecular formula is C23H20N2O3. The lowest BCUT2D eigenvalue weighted by Gasteiger charge is -2.14. The number of rotatable bonds is 5. The Morgan fingerprint density at radius 1 is 1.00 bits per heavy atom. The summed E-state index contributed by atoms with van der Waals surface area (Å²) < 4.78 is 5.26. The predicted molar refractivity (Wildman–Crippen MR) is 108 cm³/mol. The van der Waals surface area contributed by atoms with Crippen LogP contribution in [0.1, 0.15) is 31.8 Å². The summed E-state index contributed by atoms with van der Waals surface area (Å²) >= 11 is 0. The summed E-state index contributed by atoms with van der Waals surface area (Å²) in [5.41, 5.74) is 5.66. The molecular weight excluding hydrogens is 352 g/mol. The molecule has 0 amide bonds. The van der Waals surface area contributed by atoms with Gasteiger partial charge in [-0.15, -0.1) is 0 Å². The Bertz CT molecular complexity index is 1070. The largest absolute Gasteiger partial charge is 0.454 e. The van der Waals surface area contributed by atoms with Crippen LogP contribution in [-0.2, 0) is 11.2 Å². The van der Waals surface area contributed by atoms with Crippen LogP contribution < -0.4 is 4.90 Å². The molecule has 1 heterocycles. The molecule has 5 heteroatoms. The number of pyridine rings is 1. The highest BCUT2D eigenvalue weighted by Crippen LogP contribution is 2.36. The second-order valence-corrected chi connectivity index (χ2v) is 6.97. The molecule has 1 aromatic heterocycles. The number of hydrogen-bond donors (Lipinski definition) is 0. The van der Waals surface area contributed by atoms with E-state index < -0.39 is 5.97 Å². The topological polar surface area (TPSA) is 59.5 Å². The van der Waals surface area contributed by atoms with Crippen molar-refractivity contribution in [2.24, 2.45) is 0 Å². The molecule has 5 nitrogen and oxygen atoms in total. The summed E-state index contributed by atoms with van der Waals surface area (Å²) in [6.07, 6.45) is 2.42. The number of nitrogens with zero attached hydrogens (tertiary/aromatic N) is 2. The summed E-state index contributed by atoms with van der Waals surface area (Å²) in [5.74, 6) is -0.267. The molecule has 0 N–H and O–H groups in total. The van der Waals surface area contributed by atoms with E-state index in [1.165, 1.54) is 11.1 Å². The van der Waals surface area contributed by atoms with Crippen LogP contribution in [-0.4, -0.2) is 37.4 Å². The van der Waals surface area contributed by atoms with Crippen molar-refractivity contribution in [1.29, 1.82) is 0 Å². The molecule has 3 aromatic rings. The van der Waals surface area contributed by atoms with Crippen molar-refractivity contribution in [3.8, 4) is 11.1 Å². The second kappa shape index (κ2) is 7.27. The van der Waals surface area contributed by atoms with Crippen molar-refractivity contribution < 1.29 is 14.3 Å². The fourth-order valence-electron chi connectivity index (χ4n) is 3.52. The number of ketones is 1. The van der Waals surface area contributed by atoms with Crippen LogP contribution in [0, 0.1) is 0 Å². The number of benzene rings is 2. The van der Waals surface area contributed by atoms with E-state index >= 15 is 0 Å². The Balaban J connectivity index is 1.47. The van der Waals surface area contributed by atoms with Crippen LogP contribution in [0.2, 0.25) is 0 Å². The first kappa shape index (κ1) is 17.9. The first-order chi connectivity index (χ1) is 13.5. The van der Waals surface area contributed by atoms with Gasteiger partial charge < -0.3 is 9.64 Å². The van der Waals surface area contributed by atoms with E-state index in [0.717, 1.165) is 17.5 Å². The summed E-state index contributed by atoms with van der Waals surface area (Å²) in [6, 6.07) is 17.2. The molecule has 0 radical (unpaired) electrons. The average Bonchev–Trinajstić information content (AvgIpc) is 3.09. The molecule has 0 atom stereocenters. The van der Waals surface area contributed by atoms with E-state index in [2.05, 4.69) is 17.1 Å². The third-order valence-electron chi connectivity index (χ3n) is 4.88. The lowest BCUT2D eigenvalue weighted by atomic mass is 10.0. The van der Waals surface area contributed by atoms with Crippen LogP contribution in [0.15, 0.2) is 60.8 Å². The number of anilines is 1. The fourth-order valence-corrected chi connectivity index (χ4v) is 3.52. The number of esters is 1. The number of hydrogen-bond acceptors (Lipinski definition) is 5. The molecule has 0 bridgehead atoms. The SMILES string of the molecule is CN(C)c1ncccc1C(=O)OCC(=O)c1ccc2c(c1)Cc1ccccc1-2. The van der Waals surface area contributed by atoms with Crippen molar-refractivity contribution >= 4 is 17.6 Å². The van der Waals surface area contributed by atoms with Gasteiger partial charge in [-0.3, -0.25) is 4.79 Å². The Kier molecular flexibility index (Phi) is 4.65. The van der Waals surface area contributed by atoms with Crippen molar-refractivity contribution in [2.45, 2.75) is 6.42 Å². The van der Waals surface area contributed by atoms with E-state index in [9.17, 15) is 9.59 Å². The van der Waals surface area contributed by atoms with Crippen molar-refractivity contribution in [1.82, 2.24) is 4.98 Å². The molecule has 1 aliphatic rings. The Hall–Kier alpha value is -3.47. The maximum absolute atomic E-state index is 12.6. The number of carbonyl (C=O) groups is 2. The summed E-state index contributed by atoms with van der Waals surface area (Å²) in [7, 11) is 3.60. The maximum atomic E-state index is 12.6. The molecule has 1 aliphatic carbocycles. The molecule has 0 aliphatic heterocycles. The summed E-state index contributed by atoms with van der Waals surface area (Å²) in [6.45, 7) is -0.299.